The largest absolute Gasteiger partial charge is 0.353 e. The first-order valence-corrected chi connectivity index (χ1v) is 6.82. The van der Waals surface area contributed by atoms with E-state index in [-0.39, 0.29) is 24.8 Å². The molecule has 0 aliphatic carbocycles. The molecule has 0 aliphatic heterocycles. The normalized spacial score (nSPS) is 9.95. The maximum Gasteiger partial charge on any atom is 0.223 e. The number of carbonyl (C=O) groups is 2. The molecule has 1 aromatic rings. The van der Waals surface area contributed by atoms with Gasteiger partial charge in [-0.1, -0.05) is 35.3 Å². The molecule has 0 aliphatic rings. The Morgan fingerprint density at radius 1 is 1.40 bits per heavy atom. The van der Waals surface area contributed by atoms with Crippen LogP contribution in [0.25, 0.3) is 0 Å². The number of anilines is 1. The molecule has 0 atom stereocenters. The Morgan fingerprint density at radius 3 is 2.70 bits per heavy atom. The van der Waals surface area contributed by atoms with Crippen LogP contribution < -0.4 is 10.2 Å². The summed E-state index contributed by atoms with van der Waals surface area (Å²) < 4.78 is 0. The van der Waals surface area contributed by atoms with Crippen LogP contribution >= 0.6 is 23.2 Å². The Hall–Kier alpha value is -1.52. The van der Waals surface area contributed by atoms with Crippen LogP contribution in [0.5, 0.6) is 0 Å². The second-order valence-corrected chi connectivity index (χ2v) is 4.87. The second kappa shape index (κ2) is 7.92. The molecule has 1 aromatic carbocycles. The quantitative estimate of drug-likeness (QED) is 0.820. The van der Waals surface area contributed by atoms with Crippen molar-refractivity contribution in [3.8, 4) is 0 Å². The van der Waals surface area contributed by atoms with E-state index in [1.54, 1.807) is 24.3 Å². The number of benzene rings is 1. The van der Waals surface area contributed by atoms with Crippen LogP contribution in [-0.2, 0) is 9.59 Å². The predicted octanol–water partition coefficient (Wildman–Crippen LogP) is 3.04. The highest BCUT2D eigenvalue weighted by Crippen LogP contribution is 2.32. The Kier molecular flexibility index (Phi) is 6.55. The Balaban J connectivity index is 2.80. The van der Waals surface area contributed by atoms with Gasteiger partial charge in [0.15, 0.2) is 0 Å². The molecule has 0 saturated carbocycles. The van der Waals surface area contributed by atoms with Crippen molar-refractivity contribution in [3.63, 3.8) is 0 Å². The van der Waals surface area contributed by atoms with Crippen LogP contribution in [0.3, 0.4) is 0 Å². The standard InChI is InChI=1S/C14H16Cl2N2O2/c1-3-8-17-13(20)7-9-18(10(2)19)12-6-4-5-11(15)14(12)16/h3-6H,1,7-9H2,2H3,(H,17,20). The topological polar surface area (TPSA) is 49.4 Å². The van der Waals surface area contributed by atoms with Crippen LogP contribution in [0.2, 0.25) is 10.0 Å². The SMILES string of the molecule is C=CCNC(=O)CCN(C(C)=O)c1cccc(Cl)c1Cl. The molecular weight excluding hydrogens is 299 g/mol. The van der Waals surface area contributed by atoms with Gasteiger partial charge in [-0.05, 0) is 12.1 Å². The average molecular weight is 315 g/mol. The summed E-state index contributed by atoms with van der Waals surface area (Å²) in [6.07, 6.45) is 1.77. The number of nitrogens with zero attached hydrogens (tertiary/aromatic N) is 1. The summed E-state index contributed by atoms with van der Waals surface area (Å²) in [5, 5.41) is 3.32. The fourth-order valence-corrected chi connectivity index (χ4v) is 2.03. The van der Waals surface area contributed by atoms with Crippen LogP contribution in [0.4, 0.5) is 5.69 Å². The van der Waals surface area contributed by atoms with Gasteiger partial charge in [-0.15, -0.1) is 6.58 Å². The molecule has 20 heavy (non-hydrogen) atoms. The van der Waals surface area contributed by atoms with E-state index < -0.39 is 0 Å². The van der Waals surface area contributed by atoms with Gasteiger partial charge in [-0.25, -0.2) is 0 Å². The number of hydrogen-bond acceptors (Lipinski definition) is 2. The van der Waals surface area contributed by atoms with Crippen LogP contribution in [0, 0.1) is 0 Å². The third kappa shape index (κ3) is 4.54. The van der Waals surface area contributed by atoms with E-state index in [1.165, 1.54) is 11.8 Å². The number of nitrogens with one attached hydrogen (secondary N) is 1. The molecule has 0 aromatic heterocycles. The van der Waals surface area contributed by atoms with Gasteiger partial charge in [0.1, 0.15) is 0 Å². The van der Waals surface area contributed by atoms with Gasteiger partial charge in [-0.2, -0.15) is 0 Å². The number of amides is 2. The number of halogens is 2. The summed E-state index contributed by atoms with van der Waals surface area (Å²) in [4.78, 5) is 24.7. The van der Waals surface area contributed by atoms with Gasteiger partial charge in [0.05, 0.1) is 15.7 Å². The number of hydrogen-bond donors (Lipinski definition) is 1. The van der Waals surface area contributed by atoms with Crippen LogP contribution in [0.15, 0.2) is 30.9 Å². The fourth-order valence-electron chi connectivity index (χ4n) is 1.64. The summed E-state index contributed by atoms with van der Waals surface area (Å²) in [5.74, 6) is -0.361. The highest BCUT2D eigenvalue weighted by atomic mass is 35.5. The highest BCUT2D eigenvalue weighted by Gasteiger charge is 2.17. The smallest absolute Gasteiger partial charge is 0.223 e. The lowest BCUT2D eigenvalue weighted by Gasteiger charge is -2.22. The van der Waals surface area contributed by atoms with Crippen molar-refractivity contribution in [3.05, 3.63) is 40.9 Å². The van der Waals surface area contributed by atoms with Crippen molar-refractivity contribution < 1.29 is 9.59 Å². The first kappa shape index (κ1) is 16.5. The minimum atomic E-state index is -0.203. The molecule has 0 radical (unpaired) electrons. The van der Waals surface area contributed by atoms with E-state index in [9.17, 15) is 9.59 Å². The highest BCUT2D eigenvalue weighted by molar-refractivity contribution is 6.44. The molecule has 108 valence electrons. The fraction of sp³-hybridized carbons (Fsp3) is 0.286. The van der Waals surface area contributed by atoms with Gasteiger partial charge < -0.3 is 10.2 Å². The maximum absolute atomic E-state index is 11.7. The van der Waals surface area contributed by atoms with Gasteiger partial charge in [0, 0.05) is 26.4 Å². The van der Waals surface area contributed by atoms with E-state index in [4.69, 9.17) is 23.2 Å². The Bertz CT molecular complexity index is 518. The zero-order valence-corrected chi connectivity index (χ0v) is 12.7. The lowest BCUT2D eigenvalue weighted by molar-refractivity contribution is -0.120. The summed E-state index contributed by atoms with van der Waals surface area (Å²) in [5.41, 5.74) is 0.503. The van der Waals surface area contributed by atoms with E-state index in [0.29, 0.717) is 22.3 Å². The lowest BCUT2D eigenvalue weighted by atomic mass is 10.2. The van der Waals surface area contributed by atoms with Crippen LogP contribution in [-0.4, -0.2) is 24.9 Å². The van der Waals surface area contributed by atoms with E-state index in [2.05, 4.69) is 11.9 Å². The van der Waals surface area contributed by atoms with Gasteiger partial charge in [0.25, 0.3) is 0 Å². The molecule has 0 fully saturated rings. The second-order valence-electron chi connectivity index (χ2n) is 4.09. The lowest BCUT2D eigenvalue weighted by Crippen LogP contribution is -2.34. The summed E-state index contributed by atoms with van der Waals surface area (Å²) in [6.45, 7) is 5.56. The molecule has 0 heterocycles. The van der Waals surface area contributed by atoms with Crippen molar-refractivity contribution in [2.75, 3.05) is 18.0 Å². The number of rotatable bonds is 6. The Labute approximate surface area is 128 Å². The average Bonchev–Trinajstić information content (AvgIpc) is 2.40. The Morgan fingerprint density at radius 2 is 2.10 bits per heavy atom. The third-order valence-electron chi connectivity index (χ3n) is 2.61. The minimum absolute atomic E-state index is 0.158. The zero-order chi connectivity index (χ0) is 15.1. The first-order valence-electron chi connectivity index (χ1n) is 6.07. The maximum atomic E-state index is 11.7. The van der Waals surface area contributed by atoms with Crippen molar-refractivity contribution in [1.82, 2.24) is 5.32 Å². The minimum Gasteiger partial charge on any atom is -0.353 e. The van der Waals surface area contributed by atoms with Crippen LogP contribution in [0.1, 0.15) is 13.3 Å². The summed E-state index contributed by atoms with van der Waals surface area (Å²) in [7, 11) is 0. The molecule has 0 spiro atoms. The van der Waals surface area contributed by atoms with E-state index >= 15 is 0 Å². The van der Waals surface area contributed by atoms with Crippen molar-refractivity contribution in [2.45, 2.75) is 13.3 Å². The van der Waals surface area contributed by atoms with Gasteiger partial charge in [-0.3, -0.25) is 9.59 Å². The summed E-state index contributed by atoms with van der Waals surface area (Å²) >= 11 is 12.0. The van der Waals surface area contributed by atoms with E-state index in [1.807, 2.05) is 0 Å². The summed E-state index contributed by atoms with van der Waals surface area (Å²) in [6, 6.07) is 5.04. The molecule has 6 heteroatoms. The third-order valence-corrected chi connectivity index (χ3v) is 3.42. The molecule has 0 bridgehead atoms. The number of carbonyl (C=O) groups excluding carboxylic acids is 2. The van der Waals surface area contributed by atoms with Gasteiger partial charge >= 0.3 is 0 Å². The molecule has 0 saturated heterocycles. The molecule has 2 amide bonds. The van der Waals surface area contributed by atoms with E-state index in [0.717, 1.165) is 0 Å². The molecule has 4 nitrogen and oxygen atoms in total. The van der Waals surface area contributed by atoms with Crippen molar-refractivity contribution in [2.24, 2.45) is 0 Å². The molecule has 1 N–H and O–H groups in total. The molecular formula is C14H16Cl2N2O2. The predicted molar refractivity (Wildman–Crippen MR) is 82.3 cm³/mol. The van der Waals surface area contributed by atoms with Crippen molar-refractivity contribution >= 4 is 40.7 Å². The zero-order valence-electron chi connectivity index (χ0n) is 11.2. The van der Waals surface area contributed by atoms with Gasteiger partial charge in [0.2, 0.25) is 11.8 Å². The first-order chi connectivity index (χ1) is 9.47. The molecule has 1 rings (SSSR count). The van der Waals surface area contributed by atoms with Crippen molar-refractivity contribution in [1.29, 1.82) is 0 Å². The monoisotopic (exact) mass is 314 g/mol. The molecule has 0 unspecified atom stereocenters.